The van der Waals surface area contributed by atoms with Gasteiger partial charge in [-0.2, -0.15) is 0 Å². The van der Waals surface area contributed by atoms with E-state index in [2.05, 4.69) is 10.3 Å². The highest BCUT2D eigenvalue weighted by atomic mass is 32.2. The molecule has 0 radical (unpaired) electrons. The van der Waals surface area contributed by atoms with Crippen LogP contribution in [-0.4, -0.2) is 51.7 Å². The summed E-state index contributed by atoms with van der Waals surface area (Å²) in [7, 11) is 0.720. The van der Waals surface area contributed by atoms with Crippen molar-refractivity contribution in [2.75, 3.05) is 38.8 Å². The van der Waals surface area contributed by atoms with Gasteiger partial charge in [-0.1, -0.05) is 6.07 Å². The fraction of sp³-hybridized carbons (Fsp3) is 0.500. The van der Waals surface area contributed by atoms with E-state index in [9.17, 15) is 8.42 Å². The summed E-state index contributed by atoms with van der Waals surface area (Å²) in [5.74, 6) is 0.588. The Balaban J connectivity index is 2.69. The fourth-order valence-corrected chi connectivity index (χ4v) is 1.72. The molecule has 6 heteroatoms. The Bertz CT molecular complexity index is 443. The number of rotatable bonds is 5. The molecule has 0 saturated heterocycles. The van der Waals surface area contributed by atoms with Gasteiger partial charge >= 0.3 is 0 Å². The van der Waals surface area contributed by atoms with Crippen LogP contribution in [0.1, 0.15) is 0 Å². The number of nitrogens with zero attached hydrogens (tertiary/aromatic N) is 2. The van der Waals surface area contributed by atoms with Crippen LogP contribution in [0.3, 0.4) is 0 Å². The summed E-state index contributed by atoms with van der Waals surface area (Å²) in [4.78, 5) is 6.06. The molecule has 16 heavy (non-hydrogen) atoms. The monoisotopic (exact) mass is 243 g/mol. The van der Waals surface area contributed by atoms with Gasteiger partial charge in [-0.25, -0.2) is 13.4 Å². The molecule has 0 aliphatic heterocycles. The second kappa shape index (κ2) is 5.27. The predicted molar refractivity (Wildman–Crippen MR) is 64.4 cm³/mol. The lowest BCUT2D eigenvalue weighted by atomic mass is 10.4. The van der Waals surface area contributed by atoms with Crippen molar-refractivity contribution in [2.45, 2.75) is 5.03 Å². The van der Waals surface area contributed by atoms with Crippen LogP contribution in [0.15, 0.2) is 23.2 Å². The zero-order valence-electron chi connectivity index (χ0n) is 9.77. The first-order chi connectivity index (χ1) is 7.39. The van der Waals surface area contributed by atoms with Crippen molar-refractivity contribution < 1.29 is 8.42 Å². The molecule has 0 atom stereocenters. The van der Waals surface area contributed by atoms with Crippen LogP contribution in [0.4, 0.5) is 5.82 Å². The minimum absolute atomic E-state index is 0.0994. The maximum Gasteiger partial charge on any atom is 0.192 e. The summed E-state index contributed by atoms with van der Waals surface area (Å²) in [5, 5.41) is 3.17. The average Bonchev–Trinajstić information content (AvgIpc) is 2.16. The number of pyridine rings is 1. The minimum Gasteiger partial charge on any atom is -0.369 e. The molecule has 1 aromatic rings. The van der Waals surface area contributed by atoms with E-state index in [-0.39, 0.29) is 5.03 Å². The first kappa shape index (κ1) is 12.9. The molecule has 0 aliphatic carbocycles. The Labute approximate surface area is 96.4 Å². The molecule has 1 heterocycles. The largest absolute Gasteiger partial charge is 0.369 e. The lowest BCUT2D eigenvalue weighted by Crippen LogP contribution is -2.21. The van der Waals surface area contributed by atoms with E-state index in [1.807, 2.05) is 19.0 Å². The molecule has 0 bridgehead atoms. The summed E-state index contributed by atoms with van der Waals surface area (Å²) in [5.41, 5.74) is 0. The van der Waals surface area contributed by atoms with Gasteiger partial charge in [-0.15, -0.1) is 0 Å². The van der Waals surface area contributed by atoms with E-state index in [0.717, 1.165) is 19.3 Å². The van der Waals surface area contributed by atoms with Crippen LogP contribution >= 0.6 is 0 Å². The fourth-order valence-electron chi connectivity index (χ4n) is 1.13. The van der Waals surface area contributed by atoms with Gasteiger partial charge in [-0.3, -0.25) is 0 Å². The van der Waals surface area contributed by atoms with Crippen molar-refractivity contribution in [2.24, 2.45) is 0 Å². The van der Waals surface area contributed by atoms with E-state index in [0.29, 0.717) is 5.82 Å². The molecule has 1 N–H and O–H groups in total. The molecular formula is C10H17N3O2S. The van der Waals surface area contributed by atoms with Gasteiger partial charge in [0, 0.05) is 19.3 Å². The van der Waals surface area contributed by atoms with E-state index >= 15 is 0 Å². The van der Waals surface area contributed by atoms with Crippen LogP contribution in [0.5, 0.6) is 0 Å². The first-order valence-corrected chi connectivity index (χ1v) is 6.84. The third kappa shape index (κ3) is 4.16. The lowest BCUT2D eigenvalue weighted by Gasteiger charge is -2.11. The molecule has 0 fully saturated rings. The number of aromatic nitrogens is 1. The summed E-state index contributed by atoms with van der Waals surface area (Å²) in [6.45, 7) is 1.60. The van der Waals surface area contributed by atoms with Crippen LogP contribution in [0.25, 0.3) is 0 Å². The third-order valence-electron chi connectivity index (χ3n) is 1.97. The number of hydrogen-bond donors (Lipinski definition) is 1. The highest BCUT2D eigenvalue weighted by Gasteiger charge is 2.08. The summed E-state index contributed by atoms with van der Waals surface area (Å²) in [6.07, 6.45) is 1.15. The maximum absolute atomic E-state index is 11.3. The molecule has 5 nitrogen and oxygen atoms in total. The van der Waals surface area contributed by atoms with Gasteiger partial charge in [0.15, 0.2) is 14.9 Å². The first-order valence-electron chi connectivity index (χ1n) is 4.95. The second-order valence-electron chi connectivity index (χ2n) is 3.86. The standard InChI is InChI=1S/C10H17N3O2S/c1-13(2)8-7-11-9-5-4-6-10(12-9)16(3,14)15/h4-6H,7-8H2,1-3H3,(H,11,12). The molecule has 0 spiro atoms. The number of anilines is 1. The lowest BCUT2D eigenvalue weighted by molar-refractivity contribution is 0.425. The molecule has 0 aromatic carbocycles. The third-order valence-corrected chi connectivity index (χ3v) is 2.96. The average molecular weight is 243 g/mol. The highest BCUT2D eigenvalue weighted by molar-refractivity contribution is 7.90. The van der Waals surface area contributed by atoms with Gasteiger partial charge in [-0.05, 0) is 26.2 Å². The molecule has 1 aromatic heterocycles. The Morgan fingerprint density at radius 1 is 1.38 bits per heavy atom. The van der Waals surface area contributed by atoms with Crippen molar-refractivity contribution in [1.82, 2.24) is 9.88 Å². The molecule has 0 aliphatic rings. The predicted octanol–water partition coefficient (Wildman–Crippen LogP) is 0.459. The molecule has 0 amide bonds. The zero-order valence-corrected chi connectivity index (χ0v) is 10.6. The quantitative estimate of drug-likeness (QED) is 0.814. The van der Waals surface area contributed by atoms with Gasteiger partial charge < -0.3 is 10.2 Å². The van der Waals surface area contributed by atoms with Crippen LogP contribution in [0.2, 0.25) is 0 Å². The van der Waals surface area contributed by atoms with Gasteiger partial charge in [0.1, 0.15) is 5.82 Å². The summed E-state index contributed by atoms with van der Waals surface area (Å²) >= 11 is 0. The van der Waals surface area contributed by atoms with E-state index in [1.54, 1.807) is 12.1 Å². The summed E-state index contributed by atoms with van der Waals surface area (Å²) < 4.78 is 22.5. The van der Waals surface area contributed by atoms with Crippen molar-refractivity contribution in [3.8, 4) is 0 Å². The molecule has 90 valence electrons. The molecule has 0 unspecified atom stereocenters. The van der Waals surface area contributed by atoms with Crippen molar-refractivity contribution in [1.29, 1.82) is 0 Å². The Kier molecular flexibility index (Phi) is 4.26. The molecule has 1 rings (SSSR count). The highest BCUT2D eigenvalue weighted by Crippen LogP contribution is 2.09. The topological polar surface area (TPSA) is 62.3 Å². The number of sulfone groups is 1. The summed E-state index contributed by atoms with van der Waals surface area (Å²) in [6, 6.07) is 4.93. The SMILES string of the molecule is CN(C)CCNc1cccc(S(C)(=O)=O)n1. The van der Waals surface area contributed by atoms with Crippen LogP contribution < -0.4 is 5.32 Å². The van der Waals surface area contributed by atoms with Gasteiger partial charge in [0.2, 0.25) is 0 Å². The number of hydrogen-bond acceptors (Lipinski definition) is 5. The van der Waals surface area contributed by atoms with Crippen molar-refractivity contribution in [3.05, 3.63) is 18.2 Å². The van der Waals surface area contributed by atoms with E-state index in [1.165, 1.54) is 6.07 Å². The van der Waals surface area contributed by atoms with Gasteiger partial charge in [0.25, 0.3) is 0 Å². The van der Waals surface area contributed by atoms with Crippen molar-refractivity contribution in [3.63, 3.8) is 0 Å². The minimum atomic E-state index is -3.23. The van der Waals surface area contributed by atoms with E-state index < -0.39 is 9.84 Å². The van der Waals surface area contributed by atoms with Crippen LogP contribution in [0, 0.1) is 0 Å². The van der Waals surface area contributed by atoms with E-state index in [4.69, 9.17) is 0 Å². The molecule has 0 saturated carbocycles. The zero-order chi connectivity index (χ0) is 12.2. The molecular weight excluding hydrogens is 226 g/mol. The smallest absolute Gasteiger partial charge is 0.192 e. The normalized spacial score (nSPS) is 11.8. The van der Waals surface area contributed by atoms with Crippen LogP contribution in [-0.2, 0) is 9.84 Å². The second-order valence-corrected chi connectivity index (χ2v) is 5.83. The Morgan fingerprint density at radius 2 is 2.06 bits per heavy atom. The van der Waals surface area contributed by atoms with Crippen molar-refractivity contribution >= 4 is 15.7 Å². The van der Waals surface area contributed by atoms with Gasteiger partial charge in [0.05, 0.1) is 0 Å². The number of likely N-dealkylation sites (N-methyl/N-ethyl adjacent to an activating group) is 1. The maximum atomic E-state index is 11.3. The number of nitrogens with one attached hydrogen (secondary N) is 1. The Morgan fingerprint density at radius 3 is 2.62 bits per heavy atom. The Hall–Kier alpha value is -1.14.